The molecule has 0 spiro atoms. The summed E-state index contributed by atoms with van der Waals surface area (Å²) in [7, 11) is 1.30. The Kier molecular flexibility index (Phi) is 6.94. The largest absolute Gasteiger partial charge is 0.494 e. The van der Waals surface area contributed by atoms with E-state index in [1.165, 1.54) is 18.0 Å². The van der Waals surface area contributed by atoms with Gasteiger partial charge in [0.25, 0.3) is 11.5 Å². The Morgan fingerprint density at radius 2 is 2.03 bits per heavy atom. The van der Waals surface area contributed by atoms with Crippen LogP contribution in [-0.2, 0) is 9.53 Å². The van der Waals surface area contributed by atoms with Gasteiger partial charge >= 0.3 is 5.97 Å². The van der Waals surface area contributed by atoms with E-state index in [0.717, 1.165) is 0 Å². The van der Waals surface area contributed by atoms with Crippen LogP contribution in [-0.4, -0.2) is 51.9 Å². The summed E-state index contributed by atoms with van der Waals surface area (Å²) < 4.78 is 11.6. The average Bonchev–Trinajstić information content (AvgIpc) is 3.33. The van der Waals surface area contributed by atoms with E-state index < -0.39 is 17.4 Å². The van der Waals surface area contributed by atoms with Crippen molar-refractivity contribution >= 4 is 17.4 Å². The van der Waals surface area contributed by atoms with Gasteiger partial charge in [-0.3, -0.25) is 14.6 Å². The Balaban J connectivity index is 1.44. The van der Waals surface area contributed by atoms with Gasteiger partial charge < -0.3 is 14.8 Å². The number of nitrogens with one attached hydrogen (secondary N) is 2. The van der Waals surface area contributed by atoms with Crippen LogP contribution in [0.3, 0.4) is 0 Å². The van der Waals surface area contributed by atoms with Gasteiger partial charge in [0.2, 0.25) is 5.95 Å². The summed E-state index contributed by atoms with van der Waals surface area (Å²) in [5.74, 6) is -0.176. The first-order chi connectivity index (χ1) is 15.0. The van der Waals surface area contributed by atoms with Gasteiger partial charge in [0, 0.05) is 25.1 Å². The molecule has 10 heteroatoms. The molecule has 0 aliphatic carbocycles. The third-order valence-corrected chi connectivity index (χ3v) is 4.26. The first-order valence-corrected chi connectivity index (χ1v) is 9.37. The van der Waals surface area contributed by atoms with E-state index in [9.17, 15) is 14.4 Å². The summed E-state index contributed by atoms with van der Waals surface area (Å²) in [5.41, 5.74) is 0.267. The lowest BCUT2D eigenvalue weighted by atomic mass is 10.1. The van der Waals surface area contributed by atoms with Gasteiger partial charge in [-0.05, 0) is 30.2 Å². The molecular formula is C21H21N5O5. The van der Waals surface area contributed by atoms with Crippen LogP contribution in [0.2, 0.25) is 0 Å². The molecule has 2 N–H and O–H groups in total. The second-order valence-electron chi connectivity index (χ2n) is 6.35. The standard InChI is InChI=1S/C21H21N5O5/c1-14(20(29)30-2)15-5-7-16(8-6-15)31-12-4-9-22-18(27)17-13-23-21(25-19(17)28)26-11-3-10-24-26/h3,5-8,10-11,13H,1,4,9,12H2,2H3,(H,22,27)(H,23,25,28). The van der Waals surface area contributed by atoms with Crippen LogP contribution < -0.4 is 15.6 Å². The Hall–Kier alpha value is -4.21. The van der Waals surface area contributed by atoms with Crippen molar-refractivity contribution in [2.24, 2.45) is 0 Å². The predicted molar refractivity (Wildman–Crippen MR) is 112 cm³/mol. The molecule has 1 aromatic carbocycles. The number of esters is 1. The Labute approximate surface area is 177 Å². The first kappa shape index (κ1) is 21.5. The molecule has 0 bridgehead atoms. The highest BCUT2D eigenvalue weighted by molar-refractivity contribution is 6.15. The van der Waals surface area contributed by atoms with E-state index >= 15 is 0 Å². The van der Waals surface area contributed by atoms with Crippen molar-refractivity contribution in [3.8, 4) is 11.7 Å². The van der Waals surface area contributed by atoms with E-state index in [-0.39, 0.29) is 17.1 Å². The van der Waals surface area contributed by atoms with Gasteiger partial charge in [-0.25, -0.2) is 14.5 Å². The third-order valence-electron chi connectivity index (χ3n) is 4.26. The second kappa shape index (κ2) is 10.0. The highest BCUT2D eigenvalue weighted by atomic mass is 16.5. The van der Waals surface area contributed by atoms with Crippen molar-refractivity contribution in [3.63, 3.8) is 0 Å². The van der Waals surface area contributed by atoms with Crippen LogP contribution >= 0.6 is 0 Å². The third kappa shape index (κ3) is 5.44. The molecule has 0 radical (unpaired) electrons. The van der Waals surface area contributed by atoms with Crippen molar-refractivity contribution < 1.29 is 19.1 Å². The maximum Gasteiger partial charge on any atom is 0.337 e. The Bertz CT molecular complexity index is 1120. The molecule has 160 valence electrons. The summed E-state index contributed by atoms with van der Waals surface area (Å²) >= 11 is 0. The van der Waals surface area contributed by atoms with Gasteiger partial charge in [-0.1, -0.05) is 18.7 Å². The van der Waals surface area contributed by atoms with Crippen molar-refractivity contribution in [2.75, 3.05) is 20.3 Å². The minimum absolute atomic E-state index is 0.0850. The molecule has 0 aliphatic rings. The molecule has 0 unspecified atom stereocenters. The van der Waals surface area contributed by atoms with Crippen molar-refractivity contribution in [1.82, 2.24) is 25.1 Å². The highest BCUT2D eigenvalue weighted by Crippen LogP contribution is 2.18. The lowest BCUT2D eigenvalue weighted by molar-refractivity contribution is -0.133. The molecule has 0 saturated heterocycles. The van der Waals surface area contributed by atoms with E-state index in [2.05, 4.69) is 31.7 Å². The zero-order chi connectivity index (χ0) is 22.2. The highest BCUT2D eigenvalue weighted by Gasteiger charge is 2.12. The van der Waals surface area contributed by atoms with Gasteiger partial charge in [-0.2, -0.15) is 5.10 Å². The van der Waals surface area contributed by atoms with Gasteiger partial charge in [0.1, 0.15) is 11.3 Å². The SMILES string of the molecule is C=C(C(=O)OC)c1ccc(OCCCNC(=O)c2cnc(-n3cccn3)[nH]c2=O)cc1. The van der Waals surface area contributed by atoms with Gasteiger partial charge in [-0.15, -0.1) is 0 Å². The summed E-state index contributed by atoms with van der Waals surface area (Å²) in [4.78, 5) is 42.4. The van der Waals surface area contributed by atoms with Crippen LogP contribution in [0, 0.1) is 0 Å². The summed E-state index contributed by atoms with van der Waals surface area (Å²) in [6, 6.07) is 8.55. The van der Waals surface area contributed by atoms with Crippen LogP contribution in [0.5, 0.6) is 5.75 Å². The van der Waals surface area contributed by atoms with E-state index in [1.54, 1.807) is 42.7 Å². The Morgan fingerprint density at radius 1 is 1.26 bits per heavy atom. The van der Waals surface area contributed by atoms with Crippen molar-refractivity contribution in [2.45, 2.75) is 6.42 Å². The molecule has 3 rings (SSSR count). The number of carbonyl (C=O) groups is 2. The number of aromatic amines is 1. The molecule has 3 aromatic rings. The van der Waals surface area contributed by atoms with E-state index in [4.69, 9.17) is 4.74 Å². The molecule has 31 heavy (non-hydrogen) atoms. The number of carbonyl (C=O) groups excluding carboxylic acids is 2. The van der Waals surface area contributed by atoms with E-state index in [1.807, 2.05) is 0 Å². The average molecular weight is 423 g/mol. The van der Waals surface area contributed by atoms with E-state index in [0.29, 0.717) is 30.9 Å². The number of methoxy groups -OCH3 is 1. The zero-order valence-electron chi connectivity index (χ0n) is 16.8. The molecule has 10 nitrogen and oxygen atoms in total. The quantitative estimate of drug-likeness (QED) is 0.302. The smallest absolute Gasteiger partial charge is 0.337 e. The van der Waals surface area contributed by atoms with Crippen LogP contribution in [0.15, 0.2) is 60.3 Å². The minimum atomic E-state index is -0.553. The number of ether oxygens (including phenoxy) is 2. The molecule has 0 atom stereocenters. The fourth-order valence-electron chi connectivity index (χ4n) is 2.61. The molecule has 2 heterocycles. The second-order valence-corrected chi connectivity index (χ2v) is 6.35. The van der Waals surface area contributed by atoms with Crippen LogP contribution in [0.25, 0.3) is 11.5 Å². The fourth-order valence-corrected chi connectivity index (χ4v) is 2.61. The maximum atomic E-state index is 12.2. The molecule has 0 saturated carbocycles. The van der Waals surface area contributed by atoms with Crippen LogP contribution in [0.1, 0.15) is 22.3 Å². The van der Waals surface area contributed by atoms with Gasteiger partial charge in [0.15, 0.2) is 0 Å². The number of rotatable bonds is 9. The zero-order valence-corrected chi connectivity index (χ0v) is 16.8. The Morgan fingerprint density at radius 3 is 2.68 bits per heavy atom. The summed E-state index contributed by atoms with van der Waals surface area (Å²) in [5, 5.41) is 6.63. The number of aromatic nitrogens is 4. The molecule has 0 aliphatic heterocycles. The lowest BCUT2D eigenvalue weighted by Gasteiger charge is -2.09. The number of hydrogen-bond acceptors (Lipinski definition) is 7. The first-order valence-electron chi connectivity index (χ1n) is 9.37. The lowest BCUT2D eigenvalue weighted by Crippen LogP contribution is -2.31. The number of nitrogens with zero attached hydrogens (tertiary/aromatic N) is 3. The van der Waals surface area contributed by atoms with Crippen molar-refractivity contribution in [1.29, 1.82) is 0 Å². The molecule has 0 fully saturated rings. The summed E-state index contributed by atoms with van der Waals surface area (Å²) in [6.45, 7) is 4.36. The number of amides is 1. The molecule has 2 aromatic heterocycles. The topological polar surface area (TPSA) is 128 Å². The fraction of sp³-hybridized carbons (Fsp3) is 0.190. The molecule has 1 amide bonds. The number of benzene rings is 1. The van der Waals surface area contributed by atoms with Crippen LogP contribution in [0.4, 0.5) is 0 Å². The monoisotopic (exact) mass is 423 g/mol. The normalized spacial score (nSPS) is 10.4. The predicted octanol–water partition coefficient (Wildman–Crippen LogP) is 1.34. The van der Waals surface area contributed by atoms with Gasteiger partial charge in [0.05, 0.1) is 19.3 Å². The number of hydrogen-bond donors (Lipinski definition) is 2. The van der Waals surface area contributed by atoms with Crippen molar-refractivity contribution in [3.05, 3.63) is 77.0 Å². The molecular weight excluding hydrogens is 402 g/mol. The number of H-pyrrole nitrogens is 1. The minimum Gasteiger partial charge on any atom is -0.494 e. The summed E-state index contributed by atoms with van der Waals surface area (Å²) in [6.07, 6.45) is 4.92. The maximum absolute atomic E-state index is 12.2.